The van der Waals surface area contributed by atoms with E-state index < -0.39 is 0 Å². The minimum atomic E-state index is -0.270. The second kappa shape index (κ2) is 10.4. The Bertz CT molecular complexity index is 567. The lowest BCUT2D eigenvalue weighted by Gasteiger charge is -2.58. The predicted molar refractivity (Wildman–Crippen MR) is 125 cm³/mol. The minimum Gasteiger partial charge on any atom is -0.333 e. The van der Waals surface area contributed by atoms with E-state index in [-0.39, 0.29) is 28.6 Å². The van der Waals surface area contributed by atoms with Crippen LogP contribution in [0.15, 0.2) is 0 Å². The molecule has 2 rings (SSSR count). The topological polar surface area (TPSA) is 52.6 Å². The van der Waals surface area contributed by atoms with Crippen molar-refractivity contribution in [3.8, 4) is 0 Å². The molecule has 0 aliphatic carbocycles. The number of carbonyl (C=O) groups is 2. The zero-order valence-electron chi connectivity index (χ0n) is 20.6. The van der Waals surface area contributed by atoms with Gasteiger partial charge in [-0.1, -0.05) is 64.7 Å². The lowest BCUT2D eigenvalue weighted by Crippen LogP contribution is -2.69. The van der Waals surface area contributed by atoms with E-state index in [4.69, 9.17) is 0 Å². The Morgan fingerprint density at radius 2 is 1.33 bits per heavy atom. The molecular formula is C25H47N3O2. The number of piperidine rings is 1. The lowest BCUT2D eigenvalue weighted by molar-refractivity contribution is -0.150. The molecule has 3 amide bonds. The van der Waals surface area contributed by atoms with Gasteiger partial charge in [-0.25, -0.2) is 4.79 Å². The summed E-state index contributed by atoms with van der Waals surface area (Å²) in [7, 11) is 0. The summed E-state index contributed by atoms with van der Waals surface area (Å²) >= 11 is 0. The van der Waals surface area contributed by atoms with Crippen LogP contribution in [-0.2, 0) is 4.79 Å². The third-order valence-corrected chi connectivity index (χ3v) is 7.00. The van der Waals surface area contributed by atoms with Gasteiger partial charge in [0.1, 0.15) is 0 Å². The summed E-state index contributed by atoms with van der Waals surface area (Å²) < 4.78 is 0. The highest BCUT2D eigenvalue weighted by Gasteiger charge is 2.56. The van der Waals surface area contributed by atoms with Crippen LogP contribution in [0, 0.1) is 0 Å². The van der Waals surface area contributed by atoms with Crippen molar-refractivity contribution in [1.29, 1.82) is 0 Å². The normalized spacial score (nSPS) is 21.9. The molecule has 0 aromatic carbocycles. The van der Waals surface area contributed by atoms with Crippen molar-refractivity contribution in [1.82, 2.24) is 15.1 Å². The van der Waals surface area contributed by atoms with Gasteiger partial charge in [0.25, 0.3) is 0 Å². The van der Waals surface area contributed by atoms with Crippen molar-refractivity contribution in [2.75, 3.05) is 13.1 Å². The van der Waals surface area contributed by atoms with Gasteiger partial charge in [0.15, 0.2) is 0 Å². The van der Waals surface area contributed by atoms with E-state index in [0.29, 0.717) is 0 Å². The molecule has 2 fully saturated rings. The smallest absolute Gasteiger partial charge is 0.317 e. The van der Waals surface area contributed by atoms with Crippen LogP contribution in [0.5, 0.6) is 0 Å². The van der Waals surface area contributed by atoms with Gasteiger partial charge in [-0.05, 0) is 47.0 Å². The third kappa shape index (κ3) is 6.37. The van der Waals surface area contributed by atoms with Crippen molar-refractivity contribution >= 4 is 11.9 Å². The molecule has 5 heteroatoms. The van der Waals surface area contributed by atoms with Crippen LogP contribution in [0.25, 0.3) is 0 Å². The molecule has 0 aromatic heterocycles. The summed E-state index contributed by atoms with van der Waals surface area (Å²) in [4.78, 5) is 29.0. The lowest BCUT2D eigenvalue weighted by atomic mass is 9.69. The number of hydrogen-bond donors (Lipinski definition) is 1. The molecule has 0 unspecified atom stereocenters. The SMILES string of the molecule is CCCCCCCCCCCCN1CC2(CC(C)(C)N(C(C)=O)C(C)(C)C2)NC1=O. The monoisotopic (exact) mass is 421 g/mol. The Morgan fingerprint density at radius 1 is 0.867 bits per heavy atom. The van der Waals surface area contributed by atoms with E-state index in [0.717, 1.165) is 32.4 Å². The van der Waals surface area contributed by atoms with E-state index >= 15 is 0 Å². The second-order valence-corrected chi connectivity index (χ2v) is 11.1. The fourth-order valence-electron chi connectivity index (χ4n) is 6.50. The van der Waals surface area contributed by atoms with Crippen molar-refractivity contribution in [3.63, 3.8) is 0 Å². The molecule has 0 saturated carbocycles. The van der Waals surface area contributed by atoms with Crippen LogP contribution in [0.1, 0.15) is 119 Å². The summed E-state index contributed by atoms with van der Waals surface area (Å²) in [5, 5.41) is 3.32. The molecule has 0 bridgehead atoms. The van der Waals surface area contributed by atoms with Gasteiger partial charge in [0.2, 0.25) is 5.91 Å². The molecule has 2 aliphatic rings. The average molecular weight is 422 g/mol. The van der Waals surface area contributed by atoms with Gasteiger partial charge in [-0.15, -0.1) is 0 Å². The molecule has 30 heavy (non-hydrogen) atoms. The Balaban J connectivity index is 1.76. The first kappa shape index (κ1) is 25.0. The highest BCUT2D eigenvalue weighted by atomic mass is 16.2. The standard InChI is InChI=1S/C25H47N3O2/c1-7-8-9-10-11-12-13-14-15-16-17-27-20-25(26-22(27)30)18-23(3,4)28(21(2)29)24(5,6)19-25/h7-20H2,1-6H3,(H,26,30). The summed E-state index contributed by atoms with van der Waals surface area (Å²) in [5.41, 5.74) is -0.767. The molecule has 5 nitrogen and oxygen atoms in total. The van der Waals surface area contributed by atoms with Crippen LogP contribution >= 0.6 is 0 Å². The minimum absolute atomic E-state index is 0.0776. The Morgan fingerprint density at radius 3 is 1.80 bits per heavy atom. The van der Waals surface area contributed by atoms with E-state index in [2.05, 4.69) is 39.9 Å². The molecule has 0 aromatic rings. The number of unbranched alkanes of at least 4 members (excludes halogenated alkanes) is 9. The quantitative estimate of drug-likeness (QED) is 0.424. The number of hydrogen-bond acceptors (Lipinski definition) is 2. The van der Waals surface area contributed by atoms with E-state index in [9.17, 15) is 9.59 Å². The van der Waals surface area contributed by atoms with Crippen LogP contribution in [-0.4, -0.2) is 51.4 Å². The van der Waals surface area contributed by atoms with E-state index in [1.165, 1.54) is 57.8 Å². The number of amides is 3. The molecule has 2 saturated heterocycles. The van der Waals surface area contributed by atoms with Gasteiger partial charge >= 0.3 is 6.03 Å². The van der Waals surface area contributed by atoms with Crippen molar-refractivity contribution < 1.29 is 9.59 Å². The summed E-state index contributed by atoms with van der Waals surface area (Å²) in [6.07, 6.45) is 14.7. The second-order valence-electron chi connectivity index (χ2n) is 11.1. The van der Waals surface area contributed by atoms with Crippen molar-refractivity contribution in [2.24, 2.45) is 0 Å². The van der Waals surface area contributed by atoms with Crippen LogP contribution < -0.4 is 5.32 Å². The number of carbonyl (C=O) groups excluding carboxylic acids is 2. The number of urea groups is 1. The molecule has 0 radical (unpaired) electrons. The molecule has 174 valence electrons. The van der Waals surface area contributed by atoms with Gasteiger partial charge in [0.05, 0.1) is 5.54 Å². The number of nitrogens with one attached hydrogen (secondary N) is 1. The Hall–Kier alpha value is -1.26. The fourth-order valence-corrected chi connectivity index (χ4v) is 6.50. The summed E-state index contributed by atoms with van der Waals surface area (Å²) in [5.74, 6) is 0.117. The molecule has 1 spiro atoms. The maximum atomic E-state index is 12.7. The zero-order chi connectivity index (χ0) is 22.4. The van der Waals surface area contributed by atoms with E-state index in [1.807, 2.05) is 9.80 Å². The number of likely N-dealkylation sites (tertiary alicyclic amines) is 1. The summed E-state index contributed by atoms with van der Waals surface area (Å²) in [6.45, 7) is 14.1. The van der Waals surface area contributed by atoms with Crippen molar-refractivity contribution in [3.05, 3.63) is 0 Å². The molecular weight excluding hydrogens is 374 g/mol. The van der Waals surface area contributed by atoms with Crippen LogP contribution in [0.3, 0.4) is 0 Å². The Kier molecular flexibility index (Phi) is 8.64. The Labute approximate surface area is 185 Å². The molecule has 2 aliphatic heterocycles. The van der Waals surface area contributed by atoms with Gasteiger partial charge in [-0.2, -0.15) is 0 Å². The zero-order valence-corrected chi connectivity index (χ0v) is 20.6. The summed E-state index contributed by atoms with van der Waals surface area (Å²) in [6, 6.07) is 0.0776. The first-order valence-corrected chi connectivity index (χ1v) is 12.4. The fraction of sp³-hybridized carbons (Fsp3) is 0.920. The first-order valence-electron chi connectivity index (χ1n) is 12.4. The van der Waals surface area contributed by atoms with Crippen LogP contribution in [0.4, 0.5) is 4.79 Å². The van der Waals surface area contributed by atoms with Crippen molar-refractivity contribution in [2.45, 2.75) is 135 Å². The average Bonchev–Trinajstić information content (AvgIpc) is 2.87. The largest absolute Gasteiger partial charge is 0.333 e. The molecule has 2 heterocycles. The van der Waals surface area contributed by atoms with Gasteiger partial charge in [-0.3, -0.25) is 4.79 Å². The number of rotatable bonds is 11. The third-order valence-electron chi connectivity index (χ3n) is 7.00. The van der Waals surface area contributed by atoms with Gasteiger partial charge in [0, 0.05) is 31.1 Å². The van der Waals surface area contributed by atoms with E-state index in [1.54, 1.807) is 6.92 Å². The maximum absolute atomic E-state index is 12.7. The van der Waals surface area contributed by atoms with Crippen LogP contribution in [0.2, 0.25) is 0 Å². The van der Waals surface area contributed by atoms with Gasteiger partial charge < -0.3 is 15.1 Å². The predicted octanol–water partition coefficient (Wildman–Crippen LogP) is 5.87. The highest BCUT2D eigenvalue weighted by molar-refractivity contribution is 5.79. The maximum Gasteiger partial charge on any atom is 0.317 e. The number of nitrogens with zero attached hydrogens (tertiary/aromatic N) is 2. The molecule has 0 atom stereocenters. The highest BCUT2D eigenvalue weighted by Crippen LogP contribution is 2.45. The first-order chi connectivity index (χ1) is 14.0. The molecule has 1 N–H and O–H groups in total.